The molecule has 0 amide bonds. The molecule has 14 heavy (non-hydrogen) atoms. The van der Waals surface area contributed by atoms with Gasteiger partial charge in [0.1, 0.15) is 0 Å². The van der Waals surface area contributed by atoms with Crippen molar-refractivity contribution < 1.29 is 0 Å². The van der Waals surface area contributed by atoms with Crippen molar-refractivity contribution in [3.8, 4) is 0 Å². The Balaban J connectivity index is 3.00. The third-order valence-corrected chi connectivity index (χ3v) is 27.2. The van der Waals surface area contributed by atoms with E-state index in [1.165, 1.54) is 4.44 Å². The van der Waals surface area contributed by atoms with Gasteiger partial charge in [-0.05, 0) is 0 Å². The van der Waals surface area contributed by atoms with Crippen LogP contribution in [0.4, 0.5) is 0 Å². The molecule has 1 aromatic heterocycles. The van der Waals surface area contributed by atoms with Crippen molar-refractivity contribution in [3.05, 3.63) is 12.1 Å². The van der Waals surface area contributed by atoms with E-state index in [0.29, 0.717) is 0 Å². The van der Waals surface area contributed by atoms with Crippen molar-refractivity contribution in [3.63, 3.8) is 0 Å². The van der Waals surface area contributed by atoms with E-state index in [4.69, 9.17) is 0 Å². The summed E-state index contributed by atoms with van der Waals surface area (Å²) in [5, 5.41) is 0. The molecule has 0 saturated heterocycles. The molecule has 1 rings (SSSR count). The molecule has 0 nitrogen and oxygen atoms in total. The van der Waals surface area contributed by atoms with Gasteiger partial charge in [0.15, 0.2) is 0 Å². The minimum absolute atomic E-state index is 1.44. The SMILES string of the molecule is C[CH2][Sn]([CH3])([CH3])[c]1cc[c]([Sn]([CH3])([CH3])[CH3])s1. The Kier molecular flexibility index (Phi) is 4.45. The van der Waals surface area contributed by atoms with Crippen molar-refractivity contribution in [1.82, 2.24) is 0 Å². The second-order valence-electron chi connectivity index (χ2n) is 5.65. The first-order valence-electron chi connectivity index (χ1n) is 5.38. The summed E-state index contributed by atoms with van der Waals surface area (Å²) in [6.45, 7) is 2.37. The zero-order valence-corrected chi connectivity index (χ0v) is 16.8. The average molecular weight is 424 g/mol. The monoisotopic (exact) mass is 426 g/mol. The third-order valence-electron chi connectivity index (χ3n) is 2.90. The van der Waals surface area contributed by atoms with Crippen LogP contribution in [0.15, 0.2) is 12.1 Å². The molecule has 3 heteroatoms. The fourth-order valence-electron chi connectivity index (χ4n) is 1.28. The summed E-state index contributed by atoms with van der Waals surface area (Å²) in [6, 6.07) is 4.88. The molecule has 1 heterocycles. The van der Waals surface area contributed by atoms with Crippen LogP contribution in [0.2, 0.25) is 29.1 Å². The van der Waals surface area contributed by atoms with Gasteiger partial charge >= 0.3 is 102 Å². The molecule has 0 bridgehead atoms. The second-order valence-corrected chi connectivity index (χ2v) is 37.5. The van der Waals surface area contributed by atoms with Crippen LogP contribution >= 0.6 is 11.3 Å². The van der Waals surface area contributed by atoms with Crippen LogP contribution < -0.4 is 5.79 Å². The van der Waals surface area contributed by atoms with Crippen molar-refractivity contribution in [1.29, 1.82) is 0 Å². The van der Waals surface area contributed by atoms with E-state index < -0.39 is 36.8 Å². The van der Waals surface area contributed by atoms with E-state index in [0.717, 1.165) is 0 Å². The van der Waals surface area contributed by atoms with Gasteiger partial charge in [0.05, 0.1) is 0 Å². The average Bonchev–Trinajstić information content (AvgIpc) is 2.51. The first kappa shape index (κ1) is 13.4. The van der Waals surface area contributed by atoms with E-state index in [1.807, 2.05) is 0 Å². The van der Waals surface area contributed by atoms with Gasteiger partial charge in [-0.2, -0.15) is 0 Å². The molecule has 0 aliphatic carbocycles. The summed E-state index contributed by atoms with van der Waals surface area (Å²) in [7, 11) is 0. The van der Waals surface area contributed by atoms with Crippen LogP contribution in [0.3, 0.4) is 0 Å². The van der Waals surface area contributed by atoms with Gasteiger partial charge in [0, 0.05) is 0 Å². The van der Waals surface area contributed by atoms with Crippen LogP contribution in [0.5, 0.6) is 0 Å². The fourth-order valence-corrected chi connectivity index (χ4v) is 16.9. The molecule has 0 unspecified atom stereocenters. The van der Waals surface area contributed by atoms with Crippen molar-refractivity contribution in [2.45, 2.75) is 36.1 Å². The Morgan fingerprint density at radius 2 is 1.50 bits per heavy atom. The summed E-state index contributed by atoms with van der Waals surface area (Å²) in [5.74, 6) is 0. The zero-order valence-electron chi connectivity index (χ0n) is 10.3. The number of thiophene rings is 1. The summed E-state index contributed by atoms with van der Waals surface area (Å²) >= 11 is -1.40. The minimum atomic E-state index is -1.79. The van der Waals surface area contributed by atoms with Crippen LogP contribution in [0.25, 0.3) is 0 Å². The topological polar surface area (TPSA) is 0 Å². The van der Waals surface area contributed by atoms with Gasteiger partial charge in [-0.1, -0.05) is 0 Å². The molecule has 0 radical (unpaired) electrons. The molecule has 0 aliphatic heterocycles. The fraction of sp³-hybridized carbons (Fsp3) is 0.636. The Bertz CT molecular complexity index is 307. The predicted molar refractivity (Wildman–Crippen MR) is 74.9 cm³/mol. The molecule has 0 N–H and O–H groups in total. The van der Waals surface area contributed by atoms with Gasteiger partial charge < -0.3 is 0 Å². The predicted octanol–water partition coefficient (Wildman–Crippen LogP) is 3.23. The molecular formula is C11H22SSn2. The molecule has 1 aromatic rings. The Morgan fingerprint density at radius 3 is 1.86 bits per heavy atom. The first-order valence-corrected chi connectivity index (χ1v) is 25.3. The summed E-state index contributed by atoms with van der Waals surface area (Å²) in [6.07, 6.45) is 0. The van der Waals surface area contributed by atoms with E-state index in [9.17, 15) is 0 Å². The van der Waals surface area contributed by atoms with Crippen LogP contribution in [-0.2, 0) is 0 Å². The maximum atomic E-state index is 2.56. The number of hydrogen-bond acceptors (Lipinski definition) is 1. The van der Waals surface area contributed by atoms with Crippen molar-refractivity contribution >= 4 is 53.9 Å². The van der Waals surface area contributed by atoms with Crippen LogP contribution in [0, 0.1) is 0 Å². The van der Waals surface area contributed by atoms with E-state index >= 15 is 0 Å². The maximum absolute atomic E-state index is 2.56. The van der Waals surface area contributed by atoms with E-state index in [1.54, 1.807) is 5.79 Å². The van der Waals surface area contributed by atoms with E-state index in [2.05, 4.69) is 55.1 Å². The third kappa shape index (κ3) is 3.14. The van der Waals surface area contributed by atoms with Gasteiger partial charge in [-0.25, -0.2) is 0 Å². The standard InChI is InChI=1S/C4H2S.C2H5.5CH3.2Sn/c1-2-4-5-3-1;1-2;;;;;;;/h1-2H;1H2,2H3;5*1H3;;. The molecule has 0 saturated carbocycles. The van der Waals surface area contributed by atoms with Crippen LogP contribution in [-0.4, -0.2) is 36.8 Å². The summed E-state index contributed by atoms with van der Waals surface area (Å²) in [5.41, 5.74) is 0. The summed E-state index contributed by atoms with van der Waals surface area (Å²) < 4.78 is 4.98. The quantitative estimate of drug-likeness (QED) is 0.655. The Labute approximate surface area is 101 Å². The zero-order chi connectivity index (χ0) is 11.0. The normalized spacial score (nSPS) is 13.3. The van der Waals surface area contributed by atoms with Gasteiger partial charge in [0.25, 0.3) is 0 Å². The Morgan fingerprint density at radius 1 is 1.00 bits per heavy atom. The van der Waals surface area contributed by atoms with Crippen LogP contribution in [0.1, 0.15) is 6.92 Å². The van der Waals surface area contributed by atoms with Gasteiger partial charge in [-0.15, -0.1) is 0 Å². The van der Waals surface area contributed by atoms with E-state index in [-0.39, 0.29) is 0 Å². The van der Waals surface area contributed by atoms with Crippen molar-refractivity contribution in [2.75, 3.05) is 0 Å². The van der Waals surface area contributed by atoms with Crippen molar-refractivity contribution in [2.24, 2.45) is 0 Å². The Hall–Kier alpha value is 1.30. The molecule has 0 fully saturated rings. The second kappa shape index (κ2) is 4.66. The van der Waals surface area contributed by atoms with Gasteiger partial charge in [-0.3, -0.25) is 0 Å². The molecule has 0 aliphatic rings. The molecule has 0 atom stereocenters. The van der Waals surface area contributed by atoms with Gasteiger partial charge in [0.2, 0.25) is 0 Å². The molecule has 0 aromatic carbocycles. The number of hydrogen-bond donors (Lipinski definition) is 0. The molecular weight excluding hydrogens is 402 g/mol. The first-order chi connectivity index (χ1) is 6.27. The number of rotatable bonds is 3. The molecule has 80 valence electrons. The summed E-state index contributed by atoms with van der Waals surface area (Å²) in [4.78, 5) is 12.7. The molecule has 0 spiro atoms.